The van der Waals surface area contributed by atoms with E-state index in [0.717, 1.165) is 0 Å². The number of anilines is 1. The maximum absolute atomic E-state index is 11.8. The van der Waals surface area contributed by atoms with Crippen LogP contribution in [0.1, 0.15) is 21.5 Å². The summed E-state index contributed by atoms with van der Waals surface area (Å²) in [4.78, 5) is 23.5. The number of hydrogen-bond donors (Lipinski definition) is 1. The predicted molar refractivity (Wildman–Crippen MR) is 81.2 cm³/mol. The molecule has 2 rings (SSSR count). The molecule has 23 heavy (non-hydrogen) atoms. The third kappa shape index (κ3) is 4.42. The lowest BCUT2D eigenvalue weighted by Crippen LogP contribution is -2.20. The minimum atomic E-state index is -0.683. The van der Waals surface area contributed by atoms with Gasteiger partial charge in [0.1, 0.15) is 0 Å². The van der Waals surface area contributed by atoms with Crippen LogP contribution in [0.4, 0.5) is 5.69 Å². The fraction of sp³-hybridized carbons (Fsp3) is 0.0588. The van der Waals surface area contributed by atoms with Crippen molar-refractivity contribution in [3.05, 3.63) is 65.2 Å². The predicted octanol–water partition coefficient (Wildman–Crippen LogP) is 2.23. The number of carbonyl (C=O) groups is 2. The van der Waals surface area contributed by atoms with Crippen molar-refractivity contribution in [2.45, 2.75) is 0 Å². The molecule has 0 heterocycles. The zero-order valence-electron chi connectivity index (χ0n) is 11.9. The third-order valence-corrected chi connectivity index (χ3v) is 2.86. The number of nitrogens with zero attached hydrogens (tertiary/aromatic N) is 2. The van der Waals surface area contributed by atoms with Gasteiger partial charge < -0.3 is 10.1 Å². The normalized spacial score (nSPS) is 9.30. The summed E-state index contributed by atoms with van der Waals surface area (Å²) in [6.45, 7) is -0.449. The van der Waals surface area contributed by atoms with Crippen LogP contribution in [0.5, 0.6) is 0 Å². The van der Waals surface area contributed by atoms with E-state index in [0.29, 0.717) is 16.8 Å². The van der Waals surface area contributed by atoms with Crippen LogP contribution in [-0.4, -0.2) is 18.5 Å². The van der Waals surface area contributed by atoms with Crippen molar-refractivity contribution in [1.82, 2.24) is 0 Å². The molecule has 0 saturated carbocycles. The molecule has 0 aromatic heterocycles. The van der Waals surface area contributed by atoms with Crippen LogP contribution < -0.4 is 5.32 Å². The maximum atomic E-state index is 11.8. The Hall–Kier alpha value is -3.64. The lowest BCUT2D eigenvalue weighted by atomic mass is 10.1. The van der Waals surface area contributed by atoms with Crippen molar-refractivity contribution in [2.24, 2.45) is 0 Å². The van der Waals surface area contributed by atoms with E-state index in [9.17, 15) is 9.59 Å². The Balaban J connectivity index is 1.89. The van der Waals surface area contributed by atoms with Crippen LogP contribution in [-0.2, 0) is 9.53 Å². The van der Waals surface area contributed by atoms with Crippen molar-refractivity contribution in [3.63, 3.8) is 0 Å². The van der Waals surface area contributed by atoms with Gasteiger partial charge in [0.05, 0.1) is 28.8 Å². The second-order valence-electron chi connectivity index (χ2n) is 4.51. The number of carbonyl (C=O) groups excluding carboxylic acids is 2. The van der Waals surface area contributed by atoms with Crippen LogP contribution in [0.2, 0.25) is 0 Å². The molecule has 0 atom stereocenters. The summed E-state index contributed by atoms with van der Waals surface area (Å²) in [5.41, 5.74) is 1.51. The zero-order chi connectivity index (χ0) is 16.7. The van der Waals surface area contributed by atoms with Crippen LogP contribution in [0.15, 0.2) is 48.5 Å². The highest BCUT2D eigenvalue weighted by Gasteiger charge is 2.11. The molecule has 2 aromatic rings. The molecular formula is C17H11N3O3. The molecule has 6 nitrogen and oxygen atoms in total. The molecule has 0 bridgehead atoms. The van der Waals surface area contributed by atoms with Gasteiger partial charge in [0.15, 0.2) is 6.61 Å². The van der Waals surface area contributed by atoms with E-state index >= 15 is 0 Å². The summed E-state index contributed by atoms with van der Waals surface area (Å²) >= 11 is 0. The van der Waals surface area contributed by atoms with Crippen molar-refractivity contribution < 1.29 is 14.3 Å². The molecule has 0 unspecified atom stereocenters. The molecule has 112 valence electrons. The van der Waals surface area contributed by atoms with Gasteiger partial charge in [0, 0.05) is 5.69 Å². The summed E-state index contributed by atoms with van der Waals surface area (Å²) in [5.74, 6) is -1.18. The van der Waals surface area contributed by atoms with Gasteiger partial charge in [-0.2, -0.15) is 10.5 Å². The fourth-order valence-corrected chi connectivity index (χ4v) is 1.76. The molecule has 1 N–H and O–H groups in total. The van der Waals surface area contributed by atoms with Gasteiger partial charge in [0.2, 0.25) is 0 Å². The first-order valence-electron chi connectivity index (χ1n) is 6.59. The average Bonchev–Trinajstić information content (AvgIpc) is 2.60. The van der Waals surface area contributed by atoms with Crippen LogP contribution >= 0.6 is 0 Å². The van der Waals surface area contributed by atoms with Gasteiger partial charge in [0.25, 0.3) is 5.91 Å². The number of esters is 1. The second kappa shape index (κ2) is 7.39. The van der Waals surface area contributed by atoms with Crippen LogP contribution in [0, 0.1) is 22.7 Å². The summed E-state index contributed by atoms with van der Waals surface area (Å²) in [6, 6.07) is 16.2. The van der Waals surface area contributed by atoms with E-state index in [1.807, 2.05) is 12.1 Å². The van der Waals surface area contributed by atoms with Crippen LogP contribution in [0.3, 0.4) is 0 Å². The number of benzene rings is 2. The van der Waals surface area contributed by atoms with Crippen LogP contribution in [0.25, 0.3) is 0 Å². The quantitative estimate of drug-likeness (QED) is 0.872. The smallest absolute Gasteiger partial charge is 0.338 e. The molecular weight excluding hydrogens is 294 g/mol. The Labute approximate surface area is 132 Å². The highest BCUT2D eigenvalue weighted by molar-refractivity contribution is 5.95. The highest BCUT2D eigenvalue weighted by atomic mass is 16.5. The number of ether oxygens (including phenoxy) is 1. The molecule has 6 heteroatoms. The molecule has 0 aliphatic rings. The van der Waals surface area contributed by atoms with E-state index in [-0.39, 0.29) is 5.56 Å². The van der Waals surface area contributed by atoms with Crippen molar-refractivity contribution in [3.8, 4) is 12.1 Å². The largest absolute Gasteiger partial charge is 0.452 e. The van der Waals surface area contributed by atoms with Crippen molar-refractivity contribution >= 4 is 17.6 Å². The molecule has 0 radical (unpaired) electrons. The lowest BCUT2D eigenvalue weighted by Gasteiger charge is -2.07. The Morgan fingerprint density at radius 2 is 1.70 bits per heavy atom. The number of amides is 1. The minimum absolute atomic E-state index is 0.204. The van der Waals surface area contributed by atoms with Crippen molar-refractivity contribution in [2.75, 3.05) is 11.9 Å². The van der Waals surface area contributed by atoms with E-state index < -0.39 is 18.5 Å². The number of nitriles is 2. The van der Waals surface area contributed by atoms with E-state index in [1.54, 1.807) is 36.4 Å². The van der Waals surface area contributed by atoms with E-state index in [1.165, 1.54) is 12.1 Å². The number of nitrogens with one attached hydrogen (secondary N) is 1. The standard InChI is InChI=1S/C17H11N3O3/c18-9-12-4-6-15(7-5-12)20-16(21)11-23-17(22)14-3-1-2-13(8-14)10-19/h1-8H,11H2,(H,20,21). The van der Waals surface area contributed by atoms with E-state index in [2.05, 4.69) is 5.32 Å². The van der Waals surface area contributed by atoms with Gasteiger partial charge in [-0.25, -0.2) is 4.79 Å². The molecule has 2 aromatic carbocycles. The number of rotatable bonds is 4. The molecule has 0 aliphatic heterocycles. The molecule has 0 spiro atoms. The van der Waals surface area contributed by atoms with Gasteiger partial charge in [-0.05, 0) is 42.5 Å². The Morgan fingerprint density at radius 1 is 1.00 bits per heavy atom. The summed E-state index contributed by atoms with van der Waals surface area (Å²) in [5, 5.41) is 20.0. The Kier molecular flexibility index (Phi) is 5.06. The van der Waals surface area contributed by atoms with Crippen molar-refractivity contribution in [1.29, 1.82) is 10.5 Å². The highest BCUT2D eigenvalue weighted by Crippen LogP contribution is 2.09. The SMILES string of the molecule is N#Cc1ccc(NC(=O)COC(=O)c2cccc(C#N)c2)cc1. The summed E-state index contributed by atoms with van der Waals surface area (Å²) in [6.07, 6.45) is 0. The Bertz CT molecular complexity index is 814. The fourth-order valence-electron chi connectivity index (χ4n) is 1.76. The van der Waals surface area contributed by atoms with E-state index in [4.69, 9.17) is 15.3 Å². The molecule has 1 amide bonds. The molecule has 0 aliphatic carbocycles. The molecule has 0 saturated heterocycles. The molecule has 0 fully saturated rings. The lowest BCUT2D eigenvalue weighted by molar-refractivity contribution is -0.119. The summed E-state index contributed by atoms with van der Waals surface area (Å²) < 4.78 is 4.89. The first-order valence-corrected chi connectivity index (χ1v) is 6.59. The topological polar surface area (TPSA) is 103 Å². The zero-order valence-corrected chi connectivity index (χ0v) is 11.9. The second-order valence-corrected chi connectivity index (χ2v) is 4.51. The number of hydrogen-bond acceptors (Lipinski definition) is 5. The minimum Gasteiger partial charge on any atom is -0.452 e. The first-order chi connectivity index (χ1) is 11.1. The van der Waals surface area contributed by atoms with Gasteiger partial charge >= 0.3 is 5.97 Å². The maximum Gasteiger partial charge on any atom is 0.338 e. The first kappa shape index (κ1) is 15.7. The Morgan fingerprint density at radius 3 is 2.35 bits per heavy atom. The monoisotopic (exact) mass is 305 g/mol. The third-order valence-electron chi connectivity index (χ3n) is 2.86. The average molecular weight is 305 g/mol. The van der Waals surface area contributed by atoms with Gasteiger partial charge in [-0.3, -0.25) is 4.79 Å². The van der Waals surface area contributed by atoms with Gasteiger partial charge in [-0.1, -0.05) is 6.07 Å². The van der Waals surface area contributed by atoms with Gasteiger partial charge in [-0.15, -0.1) is 0 Å². The summed E-state index contributed by atoms with van der Waals surface area (Å²) in [7, 11) is 0.